The summed E-state index contributed by atoms with van der Waals surface area (Å²) in [7, 11) is 0. The monoisotopic (exact) mass is 229 g/mol. The number of nitrogens with one attached hydrogen (secondary N) is 1. The van der Waals surface area contributed by atoms with E-state index in [1.54, 1.807) is 6.07 Å². The van der Waals surface area contributed by atoms with E-state index < -0.39 is 6.36 Å². The minimum Gasteiger partial charge on any atom is -0.406 e. The minimum absolute atomic E-state index is 0.0836. The molecule has 1 aromatic rings. The smallest absolute Gasteiger partial charge is 0.406 e. The lowest BCUT2D eigenvalue weighted by atomic mass is 9.98. The lowest BCUT2D eigenvalue weighted by molar-refractivity contribution is -0.274. The third kappa shape index (κ3) is 1.50. The Bertz CT molecular complexity index is 437. The molecule has 2 aliphatic rings. The Balaban J connectivity index is 1.93. The molecule has 0 aromatic heterocycles. The maximum Gasteiger partial charge on any atom is 0.573 e. The van der Waals surface area contributed by atoms with E-state index in [0.29, 0.717) is 0 Å². The highest BCUT2D eigenvalue weighted by molar-refractivity contribution is 5.64. The standard InChI is InChI=1S/C11H10F3NO/c12-11(13,14)16-7-1-2-9-8(5-7)10(3-4-10)6-15-9/h1-2,5,15H,3-4,6H2. The van der Waals surface area contributed by atoms with E-state index in [1.165, 1.54) is 12.1 Å². The van der Waals surface area contributed by atoms with Crippen molar-refractivity contribution in [3.63, 3.8) is 0 Å². The predicted octanol–water partition coefficient (Wildman–Crippen LogP) is 3.04. The molecular formula is C11H10F3NO. The maximum absolute atomic E-state index is 12.1. The van der Waals surface area contributed by atoms with Gasteiger partial charge in [0.2, 0.25) is 0 Å². The van der Waals surface area contributed by atoms with Gasteiger partial charge in [-0.25, -0.2) is 0 Å². The molecule has 0 unspecified atom stereocenters. The molecule has 86 valence electrons. The highest BCUT2D eigenvalue weighted by atomic mass is 19.4. The number of hydrogen-bond donors (Lipinski definition) is 1. The fraction of sp³-hybridized carbons (Fsp3) is 0.455. The fourth-order valence-corrected chi connectivity index (χ4v) is 2.27. The molecule has 0 saturated heterocycles. The van der Waals surface area contributed by atoms with Gasteiger partial charge in [-0.2, -0.15) is 0 Å². The van der Waals surface area contributed by atoms with Gasteiger partial charge in [0.05, 0.1) is 0 Å². The molecule has 1 aromatic carbocycles. The fourth-order valence-electron chi connectivity index (χ4n) is 2.27. The predicted molar refractivity (Wildman–Crippen MR) is 52.5 cm³/mol. The number of rotatable bonds is 1. The lowest BCUT2D eigenvalue weighted by Gasteiger charge is -2.11. The summed E-state index contributed by atoms with van der Waals surface area (Å²) in [5.74, 6) is -0.124. The molecule has 1 aliphatic heterocycles. The summed E-state index contributed by atoms with van der Waals surface area (Å²) >= 11 is 0. The Morgan fingerprint density at radius 2 is 2.00 bits per heavy atom. The van der Waals surface area contributed by atoms with Crippen molar-refractivity contribution in [3.05, 3.63) is 23.8 Å². The van der Waals surface area contributed by atoms with E-state index in [2.05, 4.69) is 10.1 Å². The van der Waals surface area contributed by atoms with Gasteiger partial charge in [-0.15, -0.1) is 13.2 Å². The van der Waals surface area contributed by atoms with Gasteiger partial charge in [0, 0.05) is 17.6 Å². The maximum atomic E-state index is 12.1. The van der Waals surface area contributed by atoms with E-state index in [-0.39, 0.29) is 11.2 Å². The van der Waals surface area contributed by atoms with Crippen molar-refractivity contribution in [2.45, 2.75) is 24.6 Å². The molecule has 0 radical (unpaired) electrons. The van der Waals surface area contributed by atoms with Crippen molar-refractivity contribution in [3.8, 4) is 5.75 Å². The van der Waals surface area contributed by atoms with E-state index in [1.807, 2.05) is 0 Å². The van der Waals surface area contributed by atoms with Crippen LogP contribution in [0.15, 0.2) is 18.2 Å². The summed E-state index contributed by atoms with van der Waals surface area (Å²) in [6, 6.07) is 4.51. The molecule has 1 N–H and O–H groups in total. The van der Waals surface area contributed by atoms with E-state index >= 15 is 0 Å². The molecule has 0 bridgehead atoms. The van der Waals surface area contributed by atoms with Gasteiger partial charge >= 0.3 is 6.36 Å². The van der Waals surface area contributed by atoms with Crippen molar-refractivity contribution >= 4 is 5.69 Å². The normalized spacial score (nSPS) is 20.4. The third-order valence-electron chi connectivity index (χ3n) is 3.27. The van der Waals surface area contributed by atoms with Crippen LogP contribution < -0.4 is 10.1 Å². The van der Waals surface area contributed by atoms with Crippen molar-refractivity contribution in [2.75, 3.05) is 11.9 Å². The van der Waals surface area contributed by atoms with Crippen molar-refractivity contribution in [2.24, 2.45) is 0 Å². The zero-order valence-electron chi connectivity index (χ0n) is 8.40. The van der Waals surface area contributed by atoms with Crippen molar-refractivity contribution in [1.29, 1.82) is 0 Å². The van der Waals surface area contributed by atoms with E-state index in [9.17, 15) is 13.2 Å². The second-order valence-electron chi connectivity index (χ2n) is 4.39. The van der Waals surface area contributed by atoms with Crippen LogP contribution in [0.4, 0.5) is 18.9 Å². The molecular weight excluding hydrogens is 219 g/mol. The Kier molecular flexibility index (Phi) is 1.74. The summed E-state index contributed by atoms with van der Waals surface area (Å²) in [5, 5.41) is 3.21. The highest BCUT2D eigenvalue weighted by Gasteiger charge is 2.49. The summed E-state index contributed by atoms with van der Waals surface area (Å²) in [6.07, 6.45) is -2.53. The molecule has 1 fully saturated rings. The zero-order valence-corrected chi connectivity index (χ0v) is 8.40. The van der Waals surface area contributed by atoms with E-state index in [4.69, 9.17) is 0 Å². The number of halogens is 3. The van der Waals surface area contributed by atoms with Crippen LogP contribution in [0.25, 0.3) is 0 Å². The van der Waals surface area contributed by atoms with Crippen LogP contribution >= 0.6 is 0 Å². The van der Waals surface area contributed by atoms with Crippen LogP contribution in [0.3, 0.4) is 0 Å². The number of ether oxygens (including phenoxy) is 1. The molecule has 1 heterocycles. The molecule has 0 atom stereocenters. The second kappa shape index (κ2) is 2.84. The number of anilines is 1. The summed E-state index contributed by atoms with van der Waals surface area (Å²) in [5.41, 5.74) is 1.99. The van der Waals surface area contributed by atoms with Crippen LogP contribution in [0.1, 0.15) is 18.4 Å². The lowest BCUT2D eigenvalue weighted by Crippen LogP contribution is -2.17. The minimum atomic E-state index is -4.61. The second-order valence-corrected chi connectivity index (χ2v) is 4.39. The Morgan fingerprint density at radius 1 is 1.25 bits per heavy atom. The molecule has 5 heteroatoms. The van der Waals surface area contributed by atoms with Gasteiger partial charge in [0.1, 0.15) is 5.75 Å². The largest absolute Gasteiger partial charge is 0.573 e. The molecule has 3 rings (SSSR count). The summed E-state index contributed by atoms with van der Waals surface area (Å²) in [6.45, 7) is 0.831. The number of hydrogen-bond acceptors (Lipinski definition) is 2. The summed E-state index contributed by atoms with van der Waals surface area (Å²) < 4.78 is 40.1. The highest BCUT2D eigenvalue weighted by Crippen LogP contribution is 2.55. The first kappa shape index (κ1) is 9.81. The average Bonchev–Trinajstić information content (AvgIpc) is 2.85. The average molecular weight is 229 g/mol. The van der Waals surface area contributed by atoms with Gasteiger partial charge in [0.25, 0.3) is 0 Å². The van der Waals surface area contributed by atoms with Crippen LogP contribution in [0.2, 0.25) is 0 Å². The van der Waals surface area contributed by atoms with Crippen molar-refractivity contribution < 1.29 is 17.9 Å². The van der Waals surface area contributed by atoms with Gasteiger partial charge in [-0.05, 0) is 36.6 Å². The third-order valence-corrected chi connectivity index (χ3v) is 3.27. The quantitative estimate of drug-likeness (QED) is 0.799. The summed E-state index contributed by atoms with van der Waals surface area (Å²) in [4.78, 5) is 0. The van der Waals surface area contributed by atoms with Gasteiger partial charge < -0.3 is 10.1 Å². The van der Waals surface area contributed by atoms with Crippen LogP contribution in [-0.4, -0.2) is 12.9 Å². The molecule has 1 aliphatic carbocycles. The van der Waals surface area contributed by atoms with Gasteiger partial charge in [-0.1, -0.05) is 0 Å². The molecule has 2 nitrogen and oxygen atoms in total. The van der Waals surface area contributed by atoms with Gasteiger partial charge in [0.15, 0.2) is 0 Å². The number of fused-ring (bicyclic) bond motifs is 2. The van der Waals surface area contributed by atoms with Crippen LogP contribution in [0, 0.1) is 0 Å². The Labute approximate surface area is 90.4 Å². The molecule has 1 spiro atoms. The SMILES string of the molecule is FC(F)(F)Oc1ccc2c(c1)C1(CC1)CN2. The van der Waals surface area contributed by atoms with Crippen LogP contribution in [-0.2, 0) is 5.41 Å². The number of alkyl halides is 3. The molecule has 0 amide bonds. The zero-order chi connectivity index (χ0) is 11.4. The first-order valence-corrected chi connectivity index (χ1v) is 5.13. The first-order chi connectivity index (χ1) is 7.49. The van der Waals surface area contributed by atoms with Crippen molar-refractivity contribution in [1.82, 2.24) is 0 Å². The topological polar surface area (TPSA) is 21.3 Å². The van der Waals surface area contributed by atoms with Gasteiger partial charge in [-0.3, -0.25) is 0 Å². The molecule has 1 saturated carbocycles. The Hall–Kier alpha value is -1.39. The molecule has 16 heavy (non-hydrogen) atoms. The number of benzene rings is 1. The first-order valence-electron chi connectivity index (χ1n) is 5.13. The van der Waals surface area contributed by atoms with Crippen LogP contribution in [0.5, 0.6) is 5.75 Å². The Morgan fingerprint density at radius 3 is 2.62 bits per heavy atom. The van der Waals surface area contributed by atoms with E-state index in [0.717, 1.165) is 30.6 Å².